The van der Waals surface area contributed by atoms with Gasteiger partial charge in [0.25, 0.3) is 0 Å². The van der Waals surface area contributed by atoms with Gasteiger partial charge in [-0.3, -0.25) is 0 Å². The first-order chi connectivity index (χ1) is 9.18. The van der Waals surface area contributed by atoms with Crippen molar-refractivity contribution in [2.24, 2.45) is 13.0 Å². The number of aryl methyl sites for hydroxylation is 2. The van der Waals surface area contributed by atoms with E-state index in [1.807, 2.05) is 0 Å². The molecule has 0 N–H and O–H groups in total. The lowest BCUT2D eigenvalue weighted by Gasteiger charge is -2.01. The average Bonchev–Trinajstić information content (AvgIpc) is 2.62. The van der Waals surface area contributed by atoms with Gasteiger partial charge in [0.2, 0.25) is 6.33 Å². The minimum absolute atomic E-state index is 0.761. The van der Waals surface area contributed by atoms with Crippen molar-refractivity contribution in [2.75, 3.05) is 0 Å². The molecule has 112 valence electrons. The number of imidazole rings is 1. The molecule has 1 aromatic heterocycles. The maximum absolute atomic E-state index is 9.75. The zero-order chi connectivity index (χ0) is 15.3. The molecule has 0 amide bonds. The van der Waals surface area contributed by atoms with Gasteiger partial charge in [0.15, 0.2) is 11.0 Å². The molecule has 0 radical (unpaired) electrons. The van der Waals surface area contributed by atoms with E-state index in [0.717, 1.165) is 12.5 Å². The van der Waals surface area contributed by atoms with E-state index in [9.17, 15) is 17.3 Å². The van der Waals surface area contributed by atoms with Gasteiger partial charge in [-0.25, -0.2) is 9.13 Å². The molecular weight excluding hydrogens is 271 g/mol. The third-order valence-electron chi connectivity index (χ3n) is 2.83. The number of benzene rings is 1. The molecule has 0 aliphatic heterocycles. The van der Waals surface area contributed by atoms with Crippen molar-refractivity contribution in [3.05, 3.63) is 30.6 Å². The second kappa shape index (κ2) is 6.77. The van der Waals surface area contributed by atoms with E-state index in [1.54, 1.807) is 0 Å². The number of para-hydroxylation sites is 2. The van der Waals surface area contributed by atoms with Gasteiger partial charge in [0.05, 0.1) is 13.6 Å². The SMILES string of the molecule is CC(C)CCn1c[n+](C)c2ccccc21.F[B-](F)(F)F. The molecular formula is C13H19BF4N2. The zero-order valence-electron chi connectivity index (χ0n) is 11.9. The van der Waals surface area contributed by atoms with Gasteiger partial charge >= 0.3 is 7.25 Å². The van der Waals surface area contributed by atoms with Gasteiger partial charge in [-0.2, -0.15) is 0 Å². The van der Waals surface area contributed by atoms with Crippen molar-refractivity contribution in [1.29, 1.82) is 0 Å². The predicted molar refractivity (Wildman–Crippen MR) is 72.8 cm³/mol. The van der Waals surface area contributed by atoms with Crippen LogP contribution in [-0.4, -0.2) is 11.8 Å². The Morgan fingerprint density at radius 3 is 2.25 bits per heavy atom. The number of aromatic nitrogens is 2. The fraction of sp³-hybridized carbons (Fsp3) is 0.462. The summed E-state index contributed by atoms with van der Waals surface area (Å²) in [7, 11) is -3.89. The van der Waals surface area contributed by atoms with Crippen LogP contribution < -0.4 is 4.57 Å². The highest BCUT2D eigenvalue weighted by Gasteiger charge is 2.20. The molecule has 2 nitrogen and oxygen atoms in total. The molecule has 0 saturated carbocycles. The molecule has 1 aromatic carbocycles. The first-order valence-corrected chi connectivity index (χ1v) is 6.49. The minimum atomic E-state index is -6.00. The second-order valence-corrected chi connectivity index (χ2v) is 5.09. The van der Waals surface area contributed by atoms with Crippen LogP contribution in [0.2, 0.25) is 0 Å². The number of hydrogen-bond acceptors (Lipinski definition) is 0. The molecule has 20 heavy (non-hydrogen) atoms. The number of halogens is 4. The Labute approximate surface area is 116 Å². The quantitative estimate of drug-likeness (QED) is 0.462. The summed E-state index contributed by atoms with van der Waals surface area (Å²) < 4.78 is 43.5. The molecule has 0 aliphatic carbocycles. The Balaban J connectivity index is 0.000000347. The molecule has 0 aliphatic rings. The minimum Gasteiger partial charge on any atom is -0.418 e. The highest BCUT2D eigenvalue weighted by molar-refractivity contribution is 6.50. The Bertz CT molecular complexity index is 543. The highest BCUT2D eigenvalue weighted by Crippen LogP contribution is 2.12. The predicted octanol–water partition coefficient (Wildman–Crippen LogP) is 3.81. The molecule has 7 heteroatoms. The van der Waals surface area contributed by atoms with Crippen LogP contribution in [0.1, 0.15) is 20.3 Å². The van der Waals surface area contributed by atoms with Crippen molar-refractivity contribution in [3.8, 4) is 0 Å². The lowest BCUT2D eigenvalue weighted by Crippen LogP contribution is -2.25. The molecule has 0 atom stereocenters. The van der Waals surface area contributed by atoms with Gasteiger partial charge < -0.3 is 17.3 Å². The monoisotopic (exact) mass is 290 g/mol. The summed E-state index contributed by atoms with van der Waals surface area (Å²) in [5, 5.41) is 0. The van der Waals surface area contributed by atoms with E-state index in [2.05, 4.69) is 60.6 Å². The first-order valence-electron chi connectivity index (χ1n) is 6.49. The van der Waals surface area contributed by atoms with Gasteiger partial charge in [-0.15, -0.1) is 0 Å². The lowest BCUT2D eigenvalue weighted by molar-refractivity contribution is -0.645. The van der Waals surface area contributed by atoms with E-state index < -0.39 is 7.25 Å². The Kier molecular flexibility index (Phi) is 5.59. The third kappa shape index (κ3) is 5.63. The number of hydrogen-bond donors (Lipinski definition) is 0. The van der Waals surface area contributed by atoms with Crippen molar-refractivity contribution in [3.63, 3.8) is 0 Å². The Morgan fingerprint density at radius 2 is 1.70 bits per heavy atom. The van der Waals surface area contributed by atoms with Gasteiger partial charge in [-0.05, 0) is 24.5 Å². The van der Waals surface area contributed by atoms with E-state index >= 15 is 0 Å². The van der Waals surface area contributed by atoms with E-state index in [1.165, 1.54) is 17.5 Å². The van der Waals surface area contributed by atoms with Gasteiger partial charge in [0, 0.05) is 0 Å². The largest absolute Gasteiger partial charge is 0.673 e. The van der Waals surface area contributed by atoms with Crippen molar-refractivity contribution in [1.82, 2.24) is 4.57 Å². The molecule has 2 rings (SSSR count). The zero-order valence-corrected chi connectivity index (χ0v) is 11.9. The van der Waals surface area contributed by atoms with Crippen LogP contribution >= 0.6 is 0 Å². The Morgan fingerprint density at radius 1 is 1.15 bits per heavy atom. The number of nitrogens with zero attached hydrogens (tertiary/aromatic N) is 2. The Hall–Kier alpha value is -1.53. The van der Waals surface area contributed by atoms with Crippen molar-refractivity contribution in [2.45, 2.75) is 26.8 Å². The van der Waals surface area contributed by atoms with Crippen LogP contribution in [0.15, 0.2) is 30.6 Å². The molecule has 0 unspecified atom stereocenters. The lowest BCUT2D eigenvalue weighted by atomic mass is 10.1. The van der Waals surface area contributed by atoms with Gasteiger partial charge in [-0.1, -0.05) is 26.0 Å². The van der Waals surface area contributed by atoms with E-state index in [0.29, 0.717) is 0 Å². The molecule has 0 spiro atoms. The van der Waals surface area contributed by atoms with Crippen molar-refractivity contribution >= 4 is 18.3 Å². The summed E-state index contributed by atoms with van der Waals surface area (Å²) in [6, 6.07) is 8.56. The fourth-order valence-electron chi connectivity index (χ4n) is 1.91. The van der Waals surface area contributed by atoms with Crippen LogP contribution in [0.25, 0.3) is 11.0 Å². The first kappa shape index (κ1) is 16.5. The number of fused-ring (bicyclic) bond motifs is 1. The van der Waals surface area contributed by atoms with Crippen LogP contribution in [0.5, 0.6) is 0 Å². The van der Waals surface area contributed by atoms with Gasteiger partial charge in [0.1, 0.15) is 0 Å². The summed E-state index contributed by atoms with van der Waals surface area (Å²) in [5.41, 5.74) is 2.64. The van der Waals surface area contributed by atoms with Crippen LogP contribution in [-0.2, 0) is 13.6 Å². The molecule has 0 bridgehead atoms. The van der Waals surface area contributed by atoms with Crippen LogP contribution in [0.3, 0.4) is 0 Å². The number of rotatable bonds is 3. The standard InChI is InChI=1S/C13H19N2.BF4/c1-11(2)8-9-15-10-14(3)12-6-4-5-7-13(12)15;2-1(3,4)5/h4-7,10-11H,8-9H2,1-3H3;/q+1;-1. The summed E-state index contributed by atoms with van der Waals surface area (Å²) in [4.78, 5) is 0. The maximum atomic E-state index is 9.75. The van der Waals surface area contributed by atoms with Crippen LogP contribution in [0, 0.1) is 5.92 Å². The van der Waals surface area contributed by atoms with E-state index in [-0.39, 0.29) is 0 Å². The third-order valence-corrected chi connectivity index (χ3v) is 2.83. The molecule has 0 fully saturated rings. The second-order valence-electron chi connectivity index (χ2n) is 5.09. The van der Waals surface area contributed by atoms with E-state index in [4.69, 9.17) is 0 Å². The summed E-state index contributed by atoms with van der Waals surface area (Å²) >= 11 is 0. The van der Waals surface area contributed by atoms with Crippen molar-refractivity contribution < 1.29 is 21.8 Å². The maximum Gasteiger partial charge on any atom is 0.673 e. The highest BCUT2D eigenvalue weighted by atomic mass is 19.5. The summed E-state index contributed by atoms with van der Waals surface area (Å²) in [6.07, 6.45) is 3.42. The topological polar surface area (TPSA) is 8.81 Å². The van der Waals surface area contributed by atoms with Crippen LogP contribution in [0.4, 0.5) is 17.3 Å². The fourth-order valence-corrected chi connectivity index (χ4v) is 1.91. The summed E-state index contributed by atoms with van der Waals surface area (Å²) in [6.45, 7) is 5.65. The molecule has 2 aromatic rings. The average molecular weight is 290 g/mol. The molecule has 1 heterocycles. The molecule has 0 saturated heterocycles. The smallest absolute Gasteiger partial charge is 0.418 e. The summed E-state index contributed by atoms with van der Waals surface area (Å²) in [5.74, 6) is 0.761. The normalized spacial score (nSPS) is 11.6.